The van der Waals surface area contributed by atoms with Crippen molar-refractivity contribution in [1.29, 1.82) is 0 Å². The molecular formula is C14H23NOS. The summed E-state index contributed by atoms with van der Waals surface area (Å²) >= 11 is 1.68. The van der Waals surface area contributed by atoms with Gasteiger partial charge in [0, 0.05) is 17.5 Å². The van der Waals surface area contributed by atoms with Crippen molar-refractivity contribution < 1.29 is 5.11 Å². The van der Waals surface area contributed by atoms with Gasteiger partial charge in [0.15, 0.2) is 0 Å². The molecule has 1 N–H and O–H groups in total. The van der Waals surface area contributed by atoms with Crippen LogP contribution in [0.25, 0.3) is 0 Å². The number of aliphatic hydroxyl groups excluding tert-OH is 1. The van der Waals surface area contributed by atoms with Crippen LogP contribution in [0.3, 0.4) is 0 Å². The van der Waals surface area contributed by atoms with Crippen LogP contribution < -0.4 is 0 Å². The second kappa shape index (κ2) is 5.96. The maximum Gasteiger partial charge on any atom is 0.0954 e. The molecule has 0 radical (unpaired) electrons. The summed E-state index contributed by atoms with van der Waals surface area (Å²) in [6.07, 6.45) is 6.90. The lowest BCUT2D eigenvalue weighted by Crippen LogP contribution is -2.32. The van der Waals surface area contributed by atoms with Gasteiger partial charge >= 0.3 is 0 Å². The third kappa shape index (κ3) is 3.29. The molecule has 96 valence electrons. The molecule has 1 aromatic heterocycles. The zero-order valence-electron chi connectivity index (χ0n) is 10.9. The molecule has 1 heterocycles. The molecular weight excluding hydrogens is 230 g/mol. The number of aliphatic hydroxyl groups is 1. The molecule has 17 heavy (non-hydrogen) atoms. The molecule has 1 aliphatic rings. The molecule has 0 amide bonds. The van der Waals surface area contributed by atoms with Crippen molar-refractivity contribution >= 4 is 11.3 Å². The Bertz CT molecular complexity index is 350. The highest BCUT2D eigenvalue weighted by Crippen LogP contribution is 2.35. The van der Waals surface area contributed by atoms with Crippen molar-refractivity contribution in [3.05, 3.63) is 16.1 Å². The predicted molar refractivity (Wildman–Crippen MR) is 72.3 cm³/mol. The van der Waals surface area contributed by atoms with Crippen LogP contribution in [0.1, 0.15) is 49.7 Å². The maximum absolute atomic E-state index is 10.4. The van der Waals surface area contributed by atoms with Gasteiger partial charge in [0.1, 0.15) is 0 Å². The van der Waals surface area contributed by atoms with E-state index in [1.54, 1.807) is 11.3 Å². The first kappa shape index (κ1) is 13.0. The highest BCUT2D eigenvalue weighted by Gasteiger charge is 2.30. The number of hydrogen-bond acceptors (Lipinski definition) is 3. The molecule has 3 heteroatoms. The van der Waals surface area contributed by atoms with Crippen LogP contribution >= 0.6 is 11.3 Å². The van der Waals surface area contributed by atoms with E-state index in [0.29, 0.717) is 5.92 Å². The molecule has 3 unspecified atom stereocenters. The average molecular weight is 253 g/mol. The van der Waals surface area contributed by atoms with Crippen LogP contribution in [0.2, 0.25) is 0 Å². The molecule has 3 atom stereocenters. The van der Waals surface area contributed by atoms with E-state index in [2.05, 4.69) is 17.3 Å². The molecule has 0 spiro atoms. The van der Waals surface area contributed by atoms with Gasteiger partial charge in [-0.3, -0.25) is 0 Å². The summed E-state index contributed by atoms with van der Waals surface area (Å²) in [5, 5.41) is 13.6. The fourth-order valence-electron chi connectivity index (χ4n) is 3.08. The Balaban J connectivity index is 1.95. The lowest BCUT2D eigenvalue weighted by molar-refractivity contribution is 0.0464. The minimum Gasteiger partial charge on any atom is -0.392 e. The standard InChI is InChI=1S/C14H23NOS/c1-3-11-6-4-5-7-12(11)13(16)8-14-15-10(2)9-17-14/h9,11-13,16H,3-8H2,1-2H3. The minimum absolute atomic E-state index is 0.189. The molecule has 0 aliphatic heterocycles. The highest BCUT2D eigenvalue weighted by molar-refractivity contribution is 7.09. The highest BCUT2D eigenvalue weighted by atomic mass is 32.1. The molecule has 1 saturated carbocycles. The van der Waals surface area contributed by atoms with E-state index in [1.165, 1.54) is 32.1 Å². The lowest BCUT2D eigenvalue weighted by atomic mass is 9.74. The van der Waals surface area contributed by atoms with Crippen molar-refractivity contribution in [1.82, 2.24) is 4.98 Å². The molecule has 2 nitrogen and oxygen atoms in total. The summed E-state index contributed by atoms with van der Waals surface area (Å²) in [5.74, 6) is 1.22. The number of aryl methyl sites for hydroxylation is 1. The third-order valence-electron chi connectivity index (χ3n) is 4.04. The second-order valence-corrected chi connectivity index (χ2v) is 6.21. The predicted octanol–water partition coefficient (Wildman–Crippen LogP) is 3.57. The maximum atomic E-state index is 10.4. The Morgan fingerprint density at radius 2 is 2.24 bits per heavy atom. The van der Waals surface area contributed by atoms with E-state index in [-0.39, 0.29) is 6.10 Å². The first-order valence-corrected chi connectivity index (χ1v) is 7.67. The summed E-state index contributed by atoms with van der Waals surface area (Å²) in [7, 11) is 0. The number of hydrogen-bond donors (Lipinski definition) is 1. The largest absolute Gasteiger partial charge is 0.392 e. The SMILES string of the molecule is CCC1CCCCC1C(O)Cc1nc(C)cs1. The molecule has 0 saturated heterocycles. The first-order chi connectivity index (χ1) is 8.20. The van der Waals surface area contributed by atoms with Crippen LogP contribution in [0.5, 0.6) is 0 Å². The monoisotopic (exact) mass is 253 g/mol. The quantitative estimate of drug-likeness (QED) is 0.890. The average Bonchev–Trinajstić information content (AvgIpc) is 2.74. The van der Waals surface area contributed by atoms with Crippen LogP contribution in [0.4, 0.5) is 0 Å². The summed E-state index contributed by atoms with van der Waals surface area (Å²) in [5.41, 5.74) is 1.08. The number of aromatic nitrogens is 1. The van der Waals surface area contributed by atoms with Gasteiger partial charge in [0.2, 0.25) is 0 Å². The van der Waals surface area contributed by atoms with Crippen LogP contribution in [0.15, 0.2) is 5.38 Å². The van der Waals surface area contributed by atoms with Crippen molar-refractivity contribution in [2.75, 3.05) is 0 Å². The lowest BCUT2D eigenvalue weighted by Gasteiger charge is -2.34. The first-order valence-electron chi connectivity index (χ1n) is 6.79. The third-order valence-corrected chi connectivity index (χ3v) is 5.03. The van der Waals surface area contributed by atoms with Gasteiger partial charge in [-0.25, -0.2) is 4.98 Å². The summed E-state index contributed by atoms with van der Waals surface area (Å²) < 4.78 is 0. The van der Waals surface area contributed by atoms with E-state index in [9.17, 15) is 5.11 Å². The van der Waals surface area contributed by atoms with Crippen LogP contribution in [0, 0.1) is 18.8 Å². The van der Waals surface area contributed by atoms with Crippen molar-refractivity contribution in [3.63, 3.8) is 0 Å². The summed E-state index contributed by atoms with van der Waals surface area (Å²) in [6, 6.07) is 0. The van der Waals surface area contributed by atoms with Gasteiger partial charge in [-0.2, -0.15) is 0 Å². The number of rotatable bonds is 4. The topological polar surface area (TPSA) is 33.1 Å². The summed E-state index contributed by atoms with van der Waals surface area (Å²) in [4.78, 5) is 4.45. The van der Waals surface area contributed by atoms with Gasteiger partial charge in [0.05, 0.1) is 11.1 Å². The Labute approximate surface area is 108 Å². The van der Waals surface area contributed by atoms with Gasteiger partial charge in [-0.15, -0.1) is 11.3 Å². The molecule has 2 rings (SSSR count). The van der Waals surface area contributed by atoms with E-state index in [4.69, 9.17) is 0 Å². The van der Waals surface area contributed by atoms with Gasteiger partial charge in [-0.1, -0.05) is 32.6 Å². The zero-order chi connectivity index (χ0) is 12.3. The Kier molecular flexibility index (Phi) is 4.57. The number of thiazole rings is 1. The summed E-state index contributed by atoms with van der Waals surface area (Å²) in [6.45, 7) is 4.27. The van der Waals surface area contributed by atoms with Crippen LogP contribution in [-0.4, -0.2) is 16.2 Å². The van der Waals surface area contributed by atoms with E-state index in [0.717, 1.165) is 23.0 Å². The van der Waals surface area contributed by atoms with Gasteiger partial charge in [-0.05, 0) is 25.2 Å². The second-order valence-electron chi connectivity index (χ2n) is 5.27. The van der Waals surface area contributed by atoms with E-state index in [1.807, 2.05) is 6.92 Å². The minimum atomic E-state index is -0.189. The van der Waals surface area contributed by atoms with Gasteiger partial charge in [0.25, 0.3) is 0 Å². The van der Waals surface area contributed by atoms with Crippen molar-refractivity contribution in [2.24, 2.45) is 11.8 Å². The molecule has 1 aliphatic carbocycles. The van der Waals surface area contributed by atoms with Gasteiger partial charge < -0.3 is 5.11 Å². The normalized spacial score (nSPS) is 27.0. The molecule has 1 fully saturated rings. The fraction of sp³-hybridized carbons (Fsp3) is 0.786. The smallest absolute Gasteiger partial charge is 0.0954 e. The van der Waals surface area contributed by atoms with Crippen molar-refractivity contribution in [2.45, 2.75) is 58.5 Å². The molecule has 0 bridgehead atoms. The zero-order valence-corrected chi connectivity index (χ0v) is 11.7. The fourth-order valence-corrected chi connectivity index (χ4v) is 3.90. The van der Waals surface area contributed by atoms with Crippen LogP contribution in [-0.2, 0) is 6.42 Å². The number of nitrogens with zero attached hydrogens (tertiary/aromatic N) is 1. The Hall–Kier alpha value is -0.410. The molecule has 1 aromatic rings. The Morgan fingerprint density at radius 1 is 1.47 bits per heavy atom. The van der Waals surface area contributed by atoms with Crippen molar-refractivity contribution in [3.8, 4) is 0 Å². The Morgan fingerprint density at radius 3 is 2.88 bits per heavy atom. The molecule has 0 aromatic carbocycles. The van der Waals surface area contributed by atoms with E-state index >= 15 is 0 Å². The van der Waals surface area contributed by atoms with E-state index < -0.39 is 0 Å².